The maximum absolute atomic E-state index is 5.84. The van der Waals surface area contributed by atoms with Crippen LogP contribution in [0.25, 0.3) is 0 Å². The highest BCUT2D eigenvalue weighted by atomic mass is 32.1. The zero-order valence-electron chi connectivity index (χ0n) is 13.1. The Morgan fingerprint density at radius 1 is 1.29 bits per heavy atom. The Balaban J connectivity index is 1.96. The average Bonchev–Trinajstić information content (AvgIpc) is 2.88. The third-order valence-electron chi connectivity index (χ3n) is 3.22. The summed E-state index contributed by atoms with van der Waals surface area (Å²) < 4.78 is 5.84. The van der Waals surface area contributed by atoms with E-state index >= 15 is 0 Å². The van der Waals surface area contributed by atoms with Gasteiger partial charge in [-0.25, -0.2) is 4.98 Å². The molecule has 1 N–H and O–H groups in total. The molecular weight excluding hydrogens is 280 g/mol. The third-order valence-corrected chi connectivity index (χ3v) is 4.29. The Hall–Kier alpha value is -1.39. The number of ether oxygens (including phenoxy) is 1. The summed E-state index contributed by atoms with van der Waals surface area (Å²) in [6.45, 7) is 8.93. The van der Waals surface area contributed by atoms with E-state index in [0.717, 1.165) is 36.7 Å². The van der Waals surface area contributed by atoms with Gasteiger partial charge in [0.05, 0.1) is 5.69 Å². The quantitative estimate of drug-likeness (QED) is 0.746. The fourth-order valence-corrected chi connectivity index (χ4v) is 3.18. The number of nitrogens with one attached hydrogen (secondary N) is 1. The molecule has 0 saturated carbocycles. The summed E-state index contributed by atoms with van der Waals surface area (Å²) in [5.74, 6) is 0.911. The van der Waals surface area contributed by atoms with Crippen molar-refractivity contribution in [1.82, 2.24) is 10.3 Å². The normalized spacial score (nSPS) is 10.8. The standard InChI is InChI=1S/C17H24N2OS/c1-4-9-18-11-16-15(5-2)19-17(21-16)12-20-14-8-6-7-13(3)10-14/h6-8,10,18H,4-5,9,11-12H2,1-3H3. The lowest BCUT2D eigenvalue weighted by atomic mass is 10.2. The second-order valence-corrected chi connectivity index (χ2v) is 6.28. The summed E-state index contributed by atoms with van der Waals surface area (Å²) in [6.07, 6.45) is 2.13. The maximum Gasteiger partial charge on any atom is 0.140 e. The molecule has 1 heterocycles. The molecule has 2 aromatic rings. The second-order valence-electron chi connectivity index (χ2n) is 5.11. The minimum atomic E-state index is 0.550. The lowest BCUT2D eigenvalue weighted by Crippen LogP contribution is -2.13. The molecule has 0 aliphatic heterocycles. The van der Waals surface area contributed by atoms with Crippen LogP contribution in [0.3, 0.4) is 0 Å². The lowest BCUT2D eigenvalue weighted by Gasteiger charge is -2.04. The fraction of sp³-hybridized carbons (Fsp3) is 0.471. The van der Waals surface area contributed by atoms with Crippen molar-refractivity contribution in [3.05, 3.63) is 45.4 Å². The fourth-order valence-electron chi connectivity index (χ4n) is 2.14. The highest BCUT2D eigenvalue weighted by Crippen LogP contribution is 2.21. The van der Waals surface area contributed by atoms with Crippen LogP contribution in [-0.4, -0.2) is 11.5 Å². The van der Waals surface area contributed by atoms with Crippen LogP contribution in [0.1, 0.15) is 41.4 Å². The van der Waals surface area contributed by atoms with Gasteiger partial charge in [-0.1, -0.05) is 26.0 Å². The molecule has 0 amide bonds. The van der Waals surface area contributed by atoms with E-state index < -0.39 is 0 Å². The van der Waals surface area contributed by atoms with Crippen LogP contribution in [0.5, 0.6) is 5.75 Å². The smallest absolute Gasteiger partial charge is 0.140 e. The lowest BCUT2D eigenvalue weighted by molar-refractivity contribution is 0.305. The summed E-state index contributed by atoms with van der Waals surface area (Å²) in [5.41, 5.74) is 2.41. The first-order chi connectivity index (χ1) is 10.2. The molecule has 0 saturated heterocycles. The molecule has 21 heavy (non-hydrogen) atoms. The Kier molecular flexibility index (Phi) is 6.21. The minimum absolute atomic E-state index is 0.550. The molecule has 0 radical (unpaired) electrons. The third kappa shape index (κ3) is 4.83. The SMILES string of the molecule is CCCNCc1sc(COc2cccc(C)c2)nc1CC. The van der Waals surface area contributed by atoms with Crippen molar-refractivity contribution in [2.75, 3.05) is 6.54 Å². The van der Waals surface area contributed by atoms with E-state index in [-0.39, 0.29) is 0 Å². The van der Waals surface area contributed by atoms with Gasteiger partial charge in [0, 0.05) is 11.4 Å². The first-order valence-corrected chi connectivity index (χ1v) is 8.42. The largest absolute Gasteiger partial charge is 0.486 e. The first-order valence-electron chi connectivity index (χ1n) is 7.60. The van der Waals surface area contributed by atoms with Crippen molar-refractivity contribution in [3.8, 4) is 5.75 Å². The molecule has 0 aliphatic rings. The Morgan fingerprint density at radius 2 is 2.14 bits per heavy atom. The van der Waals surface area contributed by atoms with E-state index in [1.807, 2.05) is 12.1 Å². The number of aromatic nitrogens is 1. The van der Waals surface area contributed by atoms with Crippen LogP contribution in [-0.2, 0) is 19.6 Å². The molecule has 0 fully saturated rings. The van der Waals surface area contributed by atoms with Crippen LogP contribution in [0, 0.1) is 6.92 Å². The molecule has 0 bridgehead atoms. The molecule has 1 aromatic carbocycles. The Labute approximate surface area is 131 Å². The molecule has 0 unspecified atom stereocenters. The number of aryl methyl sites for hydroxylation is 2. The highest BCUT2D eigenvalue weighted by Gasteiger charge is 2.10. The zero-order valence-corrected chi connectivity index (χ0v) is 13.9. The topological polar surface area (TPSA) is 34.1 Å². The van der Waals surface area contributed by atoms with E-state index in [1.54, 1.807) is 11.3 Å². The van der Waals surface area contributed by atoms with Crippen molar-refractivity contribution in [2.45, 2.75) is 46.8 Å². The molecule has 3 nitrogen and oxygen atoms in total. The van der Waals surface area contributed by atoms with Crippen LogP contribution in [0.4, 0.5) is 0 Å². The van der Waals surface area contributed by atoms with Gasteiger partial charge in [0.1, 0.15) is 17.4 Å². The molecule has 1 aromatic heterocycles. The first kappa shape index (κ1) is 16.0. The summed E-state index contributed by atoms with van der Waals surface area (Å²) in [4.78, 5) is 6.04. The maximum atomic E-state index is 5.84. The Morgan fingerprint density at radius 3 is 2.86 bits per heavy atom. The predicted molar refractivity (Wildman–Crippen MR) is 89.0 cm³/mol. The van der Waals surface area contributed by atoms with Gasteiger partial charge in [-0.05, 0) is 44.0 Å². The summed E-state index contributed by atoms with van der Waals surface area (Å²) in [6, 6.07) is 8.14. The van der Waals surface area contributed by atoms with E-state index in [0.29, 0.717) is 6.61 Å². The van der Waals surface area contributed by atoms with Crippen LogP contribution in [0.2, 0.25) is 0 Å². The van der Waals surface area contributed by atoms with Gasteiger partial charge in [-0.15, -0.1) is 11.3 Å². The van der Waals surface area contributed by atoms with E-state index in [4.69, 9.17) is 9.72 Å². The molecule has 4 heteroatoms. The van der Waals surface area contributed by atoms with Crippen molar-refractivity contribution in [2.24, 2.45) is 0 Å². The van der Waals surface area contributed by atoms with Crippen molar-refractivity contribution < 1.29 is 4.74 Å². The minimum Gasteiger partial charge on any atom is -0.486 e. The van der Waals surface area contributed by atoms with Gasteiger partial charge in [0.15, 0.2) is 0 Å². The van der Waals surface area contributed by atoms with Gasteiger partial charge in [-0.3, -0.25) is 0 Å². The number of thiazole rings is 1. The second kappa shape index (κ2) is 8.15. The summed E-state index contributed by atoms with van der Waals surface area (Å²) in [7, 11) is 0. The number of benzene rings is 1. The monoisotopic (exact) mass is 304 g/mol. The number of rotatable bonds is 8. The van der Waals surface area contributed by atoms with E-state index in [1.165, 1.54) is 16.1 Å². The van der Waals surface area contributed by atoms with E-state index in [9.17, 15) is 0 Å². The van der Waals surface area contributed by atoms with Crippen molar-refractivity contribution in [3.63, 3.8) is 0 Å². The number of hydrogen-bond acceptors (Lipinski definition) is 4. The summed E-state index contributed by atoms with van der Waals surface area (Å²) >= 11 is 1.76. The van der Waals surface area contributed by atoms with Crippen molar-refractivity contribution in [1.29, 1.82) is 0 Å². The van der Waals surface area contributed by atoms with Gasteiger partial charge >= 0.3 is 0 Å². The zero-order chi connectivity index (χ0) is 15.1. The van der Waals surface area contributed by atoms with Crippen LogP contribution >= 0.6 is 11.3 Å². The van der Waals surface area contributed by atoms with Gasteiger partial charge < -0.3 is 10.1 Å². The molecule has 114 valence electrons. The predicted octanol–water partition coefficient (Wildman–Crippen LogP) is 4.09. The van der Waals surface area contributed by atoms with Crippen LogP contribution in [0.15, 0.2) is 24.3 Å². The molecule has 0 atom stereocenters. The number of nitrogens with zero attached hydrogens (tertiary/aromatic N) is 1. The highest BCUT2D eigenvalue weighted by molar-refractivity contribution is 7.11. The summed E-state index contributed by atoms with van der Waals surface area (Å²) in [5, 5.41) is 4.51. The molecule has 2 rings (SSSR count). The number of hydrogen-bond donors (Lipinski definition) is 1. The molecule has 0 spiro atoms. The van der Waals surface area contributed by atoms with Crippen LogP contribution < -0.4 is 10.1 Å². The molecule has 0 aliphatic carbocycles. The van der Waals surface area contributed by atoms with Gasteiger partial charge in [0.2, 0.25) is 0 Å². The molecular formula is C17H24N2OS. The van der Waals surface area contributed by atoms with E-state index in [2.05, 4.69) is 38.2 Å². The average molecular weight is 304 g/mol. The van der Waals surface area contributed by atoms with Gasteiger partial charge in [0.25, 0.3) is 0 Å². The Bertz CT molecular complexity index is 566. The van der Waals surface area contributed by atoms with Gasteiger partial charge in [-0.2, -0.15) is 0 Å². The van der Waals surface area contributed by atoms with Crippen molar-refractivity contribution >= 4 is 11.3 Å².